The molecular weight excluding hydrogens is 1160 g/mol. The molecule has 2 atom stereocenters. The standard InChI is InChI=1S/C85H159NO8/c1-6-8-10-12-14-16-18-20-22-24-26-28-30-32-34-36-38-39-40-41-42-43-44-46-47-49-51-53-55-57-59-61-63-65-67-69-71-73-75-82(87)92-79-81(80-93-85(84(89)90)91-78-77-86(3,4)5)94-83(88)76-74-72-70-68-66-64-62-60-58-56-54-52-50-48-45-37-35-33-31-29-27-25-23-21-19-17-15-13-11-9-7-2/h9,11,15,17,21,23,27,29,81,85H,6-8,10,12-14,16,18-20,22,24-26,28,30-80H2,1-5H3/p+1/b11-9-,17-15-,23-21-,29-27-. The van der Waals surface area contributed by atoms with Gasteiger partial charge in [-0.3, -0.25) is 9.59 Å². The van der Waals surface area contributed by atoms with E-state index in [-0.39, 0.29) is 38.2 Å². The van der Waals surface area contributed by atoms with Crippen molar-refractivity contribution in [3.8, 4) is 0 Å². The van der Waals surface area contributed by atoms with Crippen LogP contribution in [0.4, 0.5) is 0 Å². The number of carbonyl (C=O) groups is 3. The van der Waals surface area contributed by atoms with Crippen molar-refractivity contribution in [2.75, 3.05) is 47.5 Å². The Hall–Kier alpha value is -2.75. The van der Waals surface area contributed by atoms with Gasteiger partial charge < -0.3 is 28.5 Å². The highest BCUT2D eigenvalue weighted by molar-refractivity contribution is 5.71. The second kappa shape index (κ2) is 76.0. The van der Waals surface area contributed by atoms with Crippen molar-refractivity contribution in [3.05, 3.63) is 48.6 Å². The van der Waals surface area contributed by atoms with E-state index >= 15 is 0 Å². The van der Waals surface area contributed by atoms with E-state index in [4.69, 9.17) is 18.9 Å². The first kappa shape index (κ1) is 91.2. The Morgan fingerprint density at radius 2 is 0.606 bits per heavy atom. The molecule has 0 saturated carbocycles. The van der Waals surface area contributed by atoms with Crippen molar-refractivity contribution in [1.29, 1.82) is 0 Å². The lowest BCUT2D eigenvalue weighted by Crippen LogP contribution is -2.40. The van der Waals surface area contributed by atoms with Crippen LogP contribution in [0, 0.1) is 0 Å². The first-order valence-electron chi connectivity index (χ1n) is 41.3. The zero-order chi connectivity index (χ0) is 68.2. The number of aliphatic carboxylic acids is 1. The normalized spacial score (nSPS) is 12.8. The number of allylic oxidation sites excluding steroid dienone is 8. The Kier molecular flexibility index (Phi) is 73.8. The van der Waals surface area contributed by atoms with E-state index in [0.29, 0.717) is 17.4 Å². The number of hydrogen-bond acceptors (Lipinski definition) is 7. The van der Waals surface area contributed by atoms with Crippen LogP contribution in [0.15, 0.2) is 48.6 Å². The second-order valence-corrected chi connectivity index (χ2v) is 29.4. The van der Waals surface area contributed by atoms with Gasteiger partial charge in [-0.25, -0.2) is 4.79 Å². The lowest BCUT2D eigenvalue weighted by Gasteiger charge is -2.25. The maximum atomic E-state index is 13.0. The highest BCUT2D eigenvalue weighted by Gasteiger charge is 2.25. The van der Waals surface area contributed by atoms with Crippen LogP contribution >= 0.6 is 0 Å². The number of hydrogen-bond donors (Lipinski definition) is 1. The lowest BCUT2D eigenvalue weighted by molar-refractivity contribution is -0.870. The highest BCUT2D eigenvalue weighted by Crippen LogP contribution is 2.20. The number of ether oxygens (including phenoxy) is 4. The van der Waals surface area contributed by atoms with Crippen LogP contribution in [0.2, 0.25) is 0 Å². The van der Waals surface area contributed by atoms with E-state index in [9.17, 15) is 19.5 Å². The number of unbranched alkanes of at least 4 members (excludes halogenated alkanes) is 55. The van der Waals surface area contributed by atoms with Gasteiger partial charge in [0.05, 0.1) is 34.4 Å². The van der Waals surface area contributed by atoms with Gasteiger partial charge in [0.25, 0.3) is 6.29 Å². The molecule has 0 aliphatic rings. The molecule has 0 aromatic carbocycles. The summed E-state index contributed by atoms with van der Waals surface area (Å²) < 4.78 is 23.1. The number of carboxylic acid groups (broad SMARTS) is 1. The van der Waals surface area contributed by atoms with E-state index < -0.39 is 18.4 Å². The minimum absolute atomic E-state index is 0.176. The first-order chi connectivity index (χ1) is 46.1. The maximum absolute atomic E-state index is 13.0. The smallest absolute Gasteiger partial charge is 0.361 e. The molecule has 9 heteroatoms. The number of esters is 2. The predicted octanol–water partition coefficient (Wildman–Crippen LogP) is 26.4. The average molecular weight is 1320 g/mol. The largest absolute Gasteiger partial charge is 0.477 e. The molecule has 0 bridgehead atoms. The molecule has 0 heterocycles. The summed E-state index contributed by atoms with van der Waals surface area (Å²) in [5.41, 5.74) is 0. The van der Waals surface area contributed by atoms with E-state index in [1.165, 1.54) is 327 Å². The van der Waals surface area contributed by atoms with E-state index in [1.54, 1.807) is 0 Å². The Balaban J connectivity index is 3.93. The third-order valence-corrected chi connectivity index (χ3v) is 18.8. The van der Waals surface area contributed by atoms with Gasteiger partial charge in [0.1, 0.15) is 13.2 Å². The molecule has 0 aromatic heterocycles. The number of carboxylic acids is 1. The zero-order valence-corrected chi connectivity index (χ0v) is 63.4. The van der Waals surface area contributed by atoms with E-state index in [1.807, 2.05) is 21.1 Å². The summed E-state index contributed by atoms with van der Waals surface area (Å²) in [5, 5.41) is 9.78. The van der Waals surface area contributed by atoms with Gasteiger partial charge in [0.2, 0.25) is 0 Å². The maximum Gasteiger partial charge on any atom is 0.361 e. The second-order valence-electron chi connectivity index (χ2n) is 29.4. The molecule has 552 valence electrons. The van der Waals surface area contributed by atoms with Gasteiger partial charge >= 0.3 is 17.9 Å². The number of nitrogens with zero attached hydrogens (tertiary/aromatic N) is 1. The van der Waals surface area contributed by atoms with Crippen molar-refractivity contribution in [2.24, 2.45) is 0 Å². The van der Waals surface area contributed by atoms with Crippen molar-refractivity contribution < 1.29 is 42.9 Å². The summed E-state index contributed by atoms with van der Waals surface area (Å²) in [5.74, 6) is -1.97. The predicted molar refractivity (Wildman–Crippen MR) is 406 cm³/mol. The van der Waals surface area contributed by atoms with Crippen LogP contribution in [-0.2, 0) is 33.3 Å². The number of carbonyl (C=O) groups excluding carboxylic acids is 2. The highest BCUT2D eigenvalue weighted by atomic mass is 16.7. The van der Waals surface area contributed by atoms with Crippen molar-refractivity contribution in [1.82, 2.24) is 0 Å². The van der Waals surface area contributed by atoms with Gasteiger partial charge in [-0.2, -0.15) is 0 Å². The summed E-state index contributed by atoms with van der Waals surface area (Å²) in [7, 11) is 6.00. The third-order valence-electron chi connectivity index (χ3n) is 18.8. The molecule has 0 amide bonds. The Labute approximate surface area is 584 Å². The number of likely N-dealkylation sites (N-methyl/N-ethyl adjacent to an activating group) is 1. The van der Waals surface area contributed by atoms with Crippen LogP contribution in [0.5, 0.6) is 0 Å². The molecule has 1 N–H and O–H groups in total. The molecule has 9 nitrogen and oxygen atoms in total. The minimum Gasteiger partial charge on any atom is -0.477 e. The van der Waals surface area contributed by atoms with Crippen LogP contribution < -0.4 is 0 Å². The van der Waals surface area contributed by atoms with Crippen LogP contribution in [-0.4, -0.2) is 87.4 Å². The summed E-state index contributed by atoms with van der Waals surface area (Å²) in [6, 6.07) is 0. The van der Waals surface area contributed by atoms with E-state index in [0.717, 1.165) is 64.2 Å². The topological polar surface area (TPSA) is 108 Å². The van der Waals surface area contributed by atoms with Gasteiger partial charge in [0.15, 0.2) is 6.10 Å². The summed E-state index contributed by atoms with van der Waals surface area (Å²) in [4.78, 5) is 37.8. The lowest BCUT2D eigenvalue weighted by atomic mass is 10.0. The third kappa shape index (κ3) is 76.6. The fraction of sp³-hybridized carbons (Fsp3) is 0.871. The molecule has 0 radical (unpaired) electrons. The Bertz CT molecular complexity index is 1680. The average Bonchev–Trinajstić information content (AvgIpc) is 3.76. The molecule has 0 rings (SSSR count). The van der Waals surface area contributed by atoms with Crippen molar-refractivity contribution >= 4 is 17.9 Å². The zero-order valence-electron chi connectivity index (χ0n) is 63.4. The SMILES string of the molecule is CC/C=C\C/C=C\C/C=C\C/C=C\CCCCCCCCCCCCCCCCCCCCC(=O)OC(COC(=O)CCCCCCCCCCCCCCCCCCCCCCCCCCCCCCCCCCCCCCCC)COC(OCC[N+](C)(C)C)C(=O)O. The quantitative estimate of drug-likeness (QED) is 0.0211. The van der Waals surface area contributed by atoms with Crippen LogP contribution in [0.1, 0.15) is 418 Å². The molecule has 0 aromatic rings. The number of rotatable bonds is 78. The summed E-state index contributed by atoms with van der Waals surface area (Å²) in [6.45, 7) is 4.85. The van der Waals surface area contributed by atoms with Gasteiger partial charge in [-0.15, -0.1) is 0 Å². The molecular formula is C85H160NO8+. The fourth-order valence-corrected chi connectivity index (χ4v) is 12.6. The van der Waals surface area contributed by atoms with Gasteiger partial charge in [0, 0.05) is 12.8 Å². The van der Waals surface area contributed by atoms with Gasteiger partial charge in [-0.05, 0) is 51.4 Å². The summed E-state index contributed by atoms with van der Waals surface area (Å²) >= 11 is 0. The van der Waals surface area contributed by atoms with Gasteiger partial charge in [-0.1, -0.05) is 403 Å². The monoisotopic (exact) mass is 1320 g/mol. The Morgan fingerprint density at radius 3 is 0.904 bits per heavy atom. The van der Waals surface area contributed by atoms with Crippen LogP contribution in [0.25, 0.3) is 0 Å². The molecule has 2 unspecified atom stereocenters. The number of quaternary nitrogens is 1. The van der Waals surface area contributed by atoms with E-state index in [2.05, 4.69) is 62.5 Å². The Morgan fingerprint density at radius 1 is 0.330 bits per heavy atom. The van der Waals surface area contributed by atoms with Crippen molar-refractivity contribution in [3.63, 3.8) is 0 Å². The molecule has 0 fully saturated rings. The fourth-order valence-electron chi connectivity index (χ4n) is 12.6. The van der Waals surface area contributed by atoms with Crippen molar-refractivity contribution in [2.45, 2.75) is 431 Å². The minimum atomic E-state index is -1.51. The molecule has 0 aliphatic carbocycles. The molecule has 0 aliphatic heterocycles. The molecule has 0 saturated heterocycles. The first-order valence-corrected chi connectivity index (χ1v) is 41.3. The van der Waals surface area contributed by atoms with Crippen LogP contribution in [0.3, 0.4) is 0 Å². The molecule has 0 spiro atoms. The summed E-state index contributed by atoms with van der Waals surface area (Å²) in [6.07, 6.45) is 97.2. The molecule has 94 heavy (non-hydrogen) atoms.